The number of carbonyl (C=O) groups is 1. The van der Waals surface area contributed by atoms with Crippen LogP contribution in [0.1, 0.15) is 37.9 Å². The summed E-state index contributed by atoms with van der Waals surface area (Å²) in [6, 6.07) is 19.2. The maximum absolute atomic E-state index is 13.2. The van der Waals surface area contributed by atoms with Crippen molar-refractivity contribution in [2.45, 2.75) is 51.4 Å². The van der Waals surface area contributed by atoms with Crippen LogP contribution in [0, 0.1) is 0 Å². The van der Waals surface area contributed by atoms with Crippen LogP contribution in [0.15, 0.2) is 72.8 Å². The predicted molar refractivity (Wildman–Crippen MR) is 118 cm³/mol. The van der Waals surface area contributed by atoms with Gasteiger partial charge in [-0.25, -0.2) is 4.79 Å². The highest BCUT2D eigenvalue weighted by molar-refractivity contribution is 5.69. The van der Waals surface area contributed by atoms with Gasteiger partial charge in [-0.2, -0.15) is 0 Å². The van der Waals surface area contributed by atoms with E-state index in [2.05, 4.69) is 0 Å². The van der Waals surface area contributed by atoms with Gasteiger partial charge in [-0.05, 0) is 31.9 Å². The van der Waals surface area contributed by atoms with E-state index in [9.17, 15) is 9.90 Å². The molecule has 0 spiro atoms. The molecule has 0 bridgehead atoms. The molecule has 1 N–H and O–H groups in total. The molecular formula is C25H31NO5. The topological polar surface area (TPSA) is 68.2 Å². The van der Waals surface area contributed by atoms with Gasteiger partial charge in [0.2, 0.25) is 0 Å². The molecule has 2 aromatic carbocycles. The molecule has 2 aromatic rings. The van der Waals surface area contributed by atoms with E-state index in [0.717, 1.165) is 11.1 Å². The highest BCUT2D eigenvalue weighted by atomic mass is 16.6. The molecule has 0 saturated carbocycles. The average Bonchev–Trinajstić information content (AvgIpc) is 3.19. The van der Waals surface area contributed by atoms with Crippen molar-refractivity contribution in [3.63, 3.8) is 0 Å². The van der Waals surface area contributed by atoms with Gasteiger partial charge in [0.25, 0.3) is 0 Å². The van der Waals surface area contributed by atoms with Crippen LogP contribution in [0.25, 0.3) is 0 Å². The van der Waals surface area contributed by atoms with Crippen LogP contribution in [0.5, 0.6) is 0 Å². The molecule has 1 aliphatic rings. The van der Waals surface area contributed by atoms with Crippen LogP contribution in [0.3, 0.4) is 0 Å². The van der Waals surface area contributed by atoms with Gasteiger partial charge in [0.15, 0.2) is 6.23 Å². The monoisotopic (exact) mass is 425 g/mol. The molecule has 0 radical (unpaired) electrons. The lowest BCUT2D eigenvalue weighted by Crippen LogP contribution is -2.47. The largest absolute Gasteiger partial charge is 0.444 e. The molecular weight excluding hydrogens is 394 g/mol. The van der Waals surface area contributed by atoms with E-state index < -0.39 is 24.0 Å². The average molecular weight is 426 g/mol. The molecule has 3 rings (SSSR count). The minimum atomic E-state index is -0.688. The number of hydrogen-bond acceptors (Lipinski definition) is 5. The summed E-state index contributed by atoms with van der Waals surface area (Å²) in [5.41, 5.74) is 1.32. The van der Waals surface area contributed by atoms with Crippen molar-refractivity contribution in [3.05, 3.63) is 83.9 Å². The zero-order valence-electron chi connectivity index (χ0n) is 18.3. The highest BCUT2D eigenvalue weighted by Gasteiger charge is 2.44. The fourth-order valence-corrected chi connectivity index (χ4v) is 3.45. The Labute approximate surface area is 184 Å². The van der Waals surface area contributed by atoms with Crippen molar-refractivity contribution in [2.75, 3.05) is 13.2 Å². The lowest BCUT2D eigenvalue weighted by Gasteiger charge is -2.33. The Hall–Kier alpha value is -2.67. The first-order valence-corrected chi connectivity index (χ1v) is 10.5. The second-order valence-corrected chi connectivity index (χ2v) is 8.41. The van der Waals surface area contributed by atoms with E-state index in [1.54, 1.807) is 17.1 Å². The van der Waals surface area contributed by atoms with Crippen LogP contribution in [-0.4, -0.2) is 47.2 Å². The van der Waals surface area contributed by atoms with E-state index in [1.807, 2.05) is 81.4 Å². The van der Waals surface area contributed by atoms with Crippen LogP contribution < -0.4 is 0 Å². The summed E-state index contributed by atoms with van der Waals surface area (Å²) in [4.78, 5) is 14.8. The van der Waals surface area contributed by atoms with E-state index in [-0.39, 0.29) is 12.6 Å². The van der Waals surface area contributed by atoms with Crippen molar-refractivity contribution in [1.29, 1.82) is 0 Å². The number of nitrogens with zero attached hydrogens (tertiary/aromatic N) is 1. The van der Waals surface area contributed by atoms with E-state index in [0.29, 0.717) is 13.2 Å². The molecule has 1 amide bonds. The lowest BCUT2D eigenvalue weighted by molar-refractivity contribution is -0.0840. The Balaban J connectivity index is 1.87. The van der Waals surface area contributed by atoms with Crippen molar-refractivity contribution < 1.29 is 24.1 Å². The zero-order chi connectivity index (χ0) is 22.3. The van der Waals surface area contributed by atoms with Crippen LogP contribution in [-0.2, 0) is 20.8 Å². The van der Waals surface area contributed by atoms with Crippen LogP contribution in [0.2, 0.25) is 0 Å². The highest BCUT2D eigenvalue weighted by Crippen LogP contribution is 2.34. The molecule has 1 heterocycles. The lowest BCUT2D eigenvalue weighted by atomic mass is 10.1. The number of rotatable bonds is 7. The van der Waals surface area contributed by atoms with Crippen molar-refractivity contribution in [3.8, 4) is 0 Å². The molecule has 166 valence electrons. The van der Waals surface area contributed by atoms with Gasteiger partial charge in [0.1, 0.15) is 11.7 Å². The first kappa shape index (κ1) is 23.0. The number of hydrogen-bond donors (Lipinski definition) is 1. The molecule has 1 saturated heterocycles. The molecule has 6 nitrogen and oxygen atoms in total. The molecule has 0 aliphatic carbocycles. The van der Waals surface area contributed by atoms with Crippen molar-refractivity contribution >= 4 is 6.09 Å². The third-order valence-corrected chi connectivity index (χ3v) is 4.82. The summed E-state index contributed by atoms with van der Waals surface area (Å²) >= 11 is 0. The Morgan fingerprint density at radius 2 is 1.81 bits per heavy atom. The van der Waals surface area contributed by atoms with Crippen molar-refractivity contribution in [2.24, 2.45) is 0 Å². The molecule has 0 aromatic heterocycles. The van der Waals surface area contributed by atoms with Gasteiger partial charge in [0.05, 0.1) is 25.9 Å². The van der Waals surface area contributed by atoms with Crippen LogP contribution in [0.4, 0.5) is 4.79 Å². The molecule has 1 aliphatic heterocycles. The number of amides is 1. The first-order valence-electron chi connectivity index (χ1n) is 10.5. The summed E-state index contributed by atoms with van der Waals surface area (Å²) in [6.07, 6.45) is 1.61. The van der Waals surface area contributed by atoms with E-state index in [1.165, 1.54) is 0 Å². The van der Waals surface area contributed by atoms with E-state index >= 15 is 0 Å². The smallest absolute Gasteiger partial charge is 0.413 e. The van der Waals surface area contributed by atoms with Gasteiger partial charge in [-0.15, -0.1) is 0 Å². The third kappa shape index (κ3) is 6.40. The quantitative estimate of drug-likeness (QED) is 0.664. The number of benzene rings is 2. The number of ether oxygens (including phenoxy) is 3. The molecule has 6 heteroatoms. The second-order valence-electron chi connectivity index (χ2n) is 8.41. The second kappa shape index (κ2) is 10.6. The number of carbonyl (C=O) groups excluding carboxylic acids is 1. The fraction of sp³-hybridized carbons (Fsp3) is 0.400. The summed E-state index contributed by atoms with van der Waals surface area (Å²) in [7, 11) is 0. The van der Waals surface area contributed by atoms with Gasteiger partial charge < -0.3 is 19.3 Å². The summed E-state index contributed by atoms with van der Waals surface area (Å²) in [5, 5.41) is 9.31. The Kier molecular flexibility index (Phi) is 7.85. The van der Waals surface area contributed by atoms with Crippen molar-refractivity contribution in [1.82, 2.24) is 4.90 Å². The molecule has 0 unspecified atom stereocenters. The predicted octanol–water partition coefficient (Wildman–Crippen LogP) is 4.46. The SMILES string of the molecule is CC(C)(C)OC(=O)N1[C@@H]([C@H](/C=C\CO)OCc2ccccc2)OC[C@H]1c1ccccc1. The Morgan fingerprint density at radius 1 is 1.16 bits per heavy atom. The summed E-state index contributed by atoms with van der Waals surface area (Å²) in [6.45, 7) is 6.05. The normalized spacial score (nSPS) is 20.2. The molecule has 31 heavy (non-hydrogen) atoms. The van der Waals surface area contributed by atoms with Gasteiger partial charge in [-0.3, -0.25) is 4.90 Å². The Bertz CT molecular complexity index is 847. The first-order chi connectivity index (χ1) is 14.9. The maximum Gasteiger partial charge on any atom is 0.413 e. The van der Waals surface area contributed by atoms with Gasteiger partial charge in [-0.1, -0.05) is 72.8 Å². The number of aliphatic hydroxyl groups is 1. The summed E-state index contributed by atoms with van der Waals surface area (Å²) < 4.78 is 17.9. The minimum Gasteiger partial charge on any atom is -0.444 e. The standard InChI is InChI=1S/C25H31NO5/c1-25(2,3)31-24(28)26-21(20-13-8-5-9-14-20)18-30-23(26)22(15-10-16-27)29-17-19-11-6-4-7-12-19/h4-15,21-23,27H,16-18H2,1-3H3/b15-10-/t21-,22-,23+/m0/s1. The third-order valence-electron chi connectivity index (χ3n) is 4.82. The molecule has 3 atom stereocenters. The van der Waals surface area contributed by atoms with Gasteiger partial charge in [0, 0.05) is 0 Å². The van der Waals surface area contributed by atoms with Gasteiger partial charge >= 0.3 is 6.09 Å². The zero-order valence-corrected chi connectivity index (χ0v) is 18.3. The Morgan fingerprint density at radius 3 is 2.42 bits per heavy atom. The molecule has 1 fully saturated rings. The fourth-order valence-electron chi connectivity index (χ4n) is 3.45. The van der Waals surface area contributed by atoms with E-state index in [4.69, 9.17) is 14.2 Å². The minimum absolute atomic E-state index is 0.132. The summed E-state index contributed by atoms with van der Waals surface area (Å²) in [5.74, 6) is 0. The van der Waals surface area contributed by atoms with Crippen LogP contribution >= 0.6 is 0 Å². The maximum atomic E-state index is 13.2. The number of aliphatic hydroxyl groups excluding tert-OH is 1.